The zero-order valence-corrected chi connectivity index (χ0v) is 9.44. The van der Waals surface area contributed by atoms with Crippen molar-refractivity contribution >= 4 is 9.24 Å². The summed E-state index contributed by atoms with van der Waals surface area (Å²) in [7, 11) is 2.75. The predicted molar refractivity (Wildman–Crippen MR) is 54.8 cm³/mol. The average Bonchev–Trinajstić information content (AvgIpc) is 2.02. The molecule has 1 aliphatic heterocycles. The molecule has 13 heavy (non-hydrogen) atoms. The van der Waals surface area contributed by atoms with Crippen molar-refractivity contribution in [1.82, 2.24) is 0 Å². The molecule has 0 aromatic rings. The SMILES string of the molecule is C[C@]1(CO)C[C@@H](P)C[C@@](C)(CO)O1. The van der Waals surface area contributed by atoms with E-state index >= 15 is 0 Å². The van der Waals surface area contributed by atoms with Gasteiger partial charge >= 0.3 is 0 Å². The summed E-state index contributed by atoms with van der Waals surface area (Å²) in [6.07, 6.45) is 1.65. The Morgan fingerprint density at radius 3 is 1.92 bits per heavy atom. The molecule has 0 bridgehead atoms. The number of hydrogen-bond acceptors (Lipinski definition) is 3. The van der Waals surface area contributed by atoms with E-state index in [1.165, 1.54) is 0 Å². The van der Waals surface area contributed by atoms with Gasteiger partial charge in [0.2, 0.25) is 0 Å². The van der Waals surface area contributed by atoms with Crippen LogP contribution in [0.15, 0.2) is 0 Å². The minimum absolute atomic E-state index is 0.00743. The summed E-state index contributed by atoms with van der Waals surface area (Å²) in [5.41, 5.74) is -0.590. The zero-order chi connectivity index (χ0) is 10.1. The monoisotopic (exact) mass is 206 g/mol. The Bertz CT molecular complexity index is 170. The topological polar surface area (TPSA) is 49.7 Å². The maximum atomic E-state index is 9.18. The van der Waals surface area contributed by atoms with Crippen molar-refractivity contribution in [3.8, 4) is 0 Å². The van der Waals surface area contributed by atoms with Crippen LogP contribution < -0.4 is 0 Å². The van der Waals surface area contributed by atoms with Crippen LogP contribution in [0.1, 0.15) is 26.7 Å². The number of ether oxygens (including phenoxy) is 1. The quantitative estimate of drug-likeness (QED) is 0.648. The van der Waals surface area contributed by atoms with E-state index in [4.69, 9.17) is 4.74 Å². The third-order valence-electron chi connectivity index (χ3n) is 2.55. The summed E-state index contributed by atoms with van der Waals surface area (Å²) in [5.74, 6) is 0. The van der Waals surface area contributed by atoms with Gasteiger partial charge in [-0.15, -0.1) is 9.24 Å². The number of rotatable bonds is 2. The highest BCUT2D eigenvalue weighted by atomic mass is 31.0. The van der Waals surface area contributed by atoms with Crippen LogP contribution >= 0.6 is 9.24 Å². The van der Waals surface area contributed by atoms with E-state index in [-0.39, 0.29) is 13.2 Å². The highest BCUT2D eigenvalue weighted by molar-refractivity contribution is 7.17. The van der Waals surface area contributed by atoms with Gasteiger partial charge in [0, 0.05) is 0 Å². The third kappa shape index (κ3) is 2.63. The van der Waals surface area contributed by atoms with Crippen LogP contribution in [0.5, 0.6) is 0 Å². The molecule has 0 spiro atoms. The van der Waals surface area contributed by atoms with Gasteiger partial charge in [0.1, 0.15) is 0 Å². The Kier molecular flexibility index (Phi) is 3.34. The predicted octanol–water partition coefficient (Wildman–Crippen LogP) is 0.542. The molecule has 0 amide bonds. The van der Waals surface area contributed by atoms with Crippen molar-refractivity contribution in [2.24, 2.45) is 0 Å². The van der Waals surface area contributed by atoms with Gasteiger partial charge in [-0.3, -0.25) is 0 Å². The van der Waals surface area contributed by atoms with E-state index in [1.807, 2.05) is 13.8 Å². The summed E-state index contributed by atoms with van der Waals surface area (Å²) in [5, 5.41) is 18.4. The normalized spacial score (nSPS) is 46.4. The maximum absolute atomic E-state index is 9.18. The Balaban J connectivity index is 2.73. The lowest BCUT2D eigenvalue weighted by Crippen LogP contribution is -2.52. The molecule has 1 rings (SSSR count). The van der Waals surface area contributed by atoms with Gasteiger partial charge in [0.25, 0.3) is 0 Å². The molecule has 1 unspecified atom stereocenters. The molecular weight excluding hydrogens is 187 g/mol. The van der Waals surface area contributed by atoms with Gasteiger partial charge < -0.3 is 14.9 Å². The van der Waals surface area contributed by atoms with Crippen molar-refractivity contribution in [3.63, 3.8) is 0 Å². The van der Waals surface area contributed by atoms with Crippen LogP contribution in [0.25, 0.3) is 0 Å². The smallest absolute Gasteiger partial charge is 0.0898 e. The van der Waals surface area contributed by atoms with Crippen LogP contribution in [-0.4, -0.2) is 40.3 Å². The largest absolute Gasteiger partial charge is 0.393 e. The molecule has 4 heteroatoms. The fourth-order valence-corrected chi connectivity index (χ4v) is 3.05. The molecule has 78 valence electrons. The minimum Gasteiger partial charge on any atom is -0.393 e. The van der Waals surface area contributed by atoms with E-state index in [2.05, 4.69) is 9.24 Å². The molecular formula is C9H19O3P. The fraction of sp³-hybridized carbons (Fsp3) is 1.00. The number of aliphatic hydroxyl groups excluding tert-OH is 2. The molecule has 2 N–H and O–H groups in total. The van der Waals surface area contributed by atoms with Gasteiger partial charge in [0.15, 0.2) is 0 Å². The van der Waals surface area contributed by atoms with Gasteiger partial charge in [-0.1, -0.05) is 0 Å². The van der Waals surface area contributed by atoms with Crippen molar-refractivity contribution < 1.29 is 14.9 Å². The molecule has 0 aromatic carbocycles. The van der Waals surface area contributed by atoms with Gasteiger partial charge in [-0.2, -0.15) is 0 Å². The van der Waals surface area contributed by atoms with Crippen LogP contribution in [0.2, 0.25) is 0 Å². The van der Waals surface area contributed by atoms with Crippen LogP contribution in [0, 0.1) is 0 Å². The minimum atomic E-state index is -0.498. The molecule has 4 atom stereocenters. The van der Waals surface area contributed by atoms with Crippen molar-refractivity contribution in [2.45, 2.75) is 43.6 Å². The highest BCUT2D eigenvalue weighted by Gasteiger charge is 2.42. The molecule has 0 aromatic heterocycles. The number of hydrogen-bond donors (Lipinski definition) is 2. The molecule has 1 aliphatic rings. The lowest BCUT2D eigenvalue weighted by atomic mass is 9.87. The molecule has 3 nitrogen and oxygen atoms in total. The first kappa shape index (κ1) is 11.4. The van der Waals surface area contributed by atoms with Crippen LogP contribution in [0.3, 0.4) is 0 Å². The fourth-order valence-electron chi connectivity index (χ4n) is 2.05. The highest BCUT2D eigenvalue weighted by Crippen LogP contribution is 2.38. The first-order valence-corrected chi connectivity index (χ1v) is 5.27. The summed E-state index contributed by atoms with van der Waals surface area (Å²) >= 11 is 0. The summed E-state index contributed by atoms with van der Waals surface area (Å²) < 4.78 is 5.72. The average molecular weight is 206 g/mol. The second kappa shape index (κ2) is 3.82. The Hall–Kier alpha value is 0.310. The van der Waals surface area contributed by atoms with Crippen molar-refractivity contribution in [1.29, 1.82) is 0 Å². The van der Waals surface area contributed by atoms with Gasteiger partial charge in [-0.25, -0.2) is 0 Å². The zero-order valence-electron chi connectivity index (χ0n) is 8.29. The third-order valence-corrected chi connectivity index (χ3v) is 3.02. The van der Waals surface area contributed by atoms with E-state index in [1.54, 1.807) is 0 Å². The molecule has 0 saturated carbocycles. The lowest BCUT2D eigenvalue weighted by molar-refractivity contribution is -0.200. The second-order valence-electron chi connectivity index (χ2n) is 4.49. The van der Waals surface area contributed by atoms with E-state index in [0.29, 0.717) is 5.66 Å². The lowest BCUT2D eigenvalue weighted by Gasteiger charge is -2.46. The standard InChI is InChI=1S/C9H19O3P/c1-8(5-10)3-7(13)4-9(2,6-11)12-8/h7,10-11H,3-6,13H2,1-2H3/t7-,8-,9+. The molecule has 0 aliphatic carbocycles. The first-order chi connectivity index (χ1) is 5.93. The van der Waals surface area contributed by atoms with Crippen molar-refractivity contribution in [2.75, 3.05) is 13.2 Å². The maximum Gasteiger partial charge on any atom is 0.0898 e. The molecule has 1 saturated heterocycles. The summed E-state index contributed by atoms with van der Waals surface area (Å²) in [6.45, 7) is 3.79. The van der Waals surface area contributed by atoms with Gasteiger partial charge in [0.05, 0.1) is 24.4 Å². The van der Waals surface area contributed by atoms with E-state index in [0.717, 1.165) is 12.8 Å². The van der Waals surface area contributed by atoms with Gasteiger partial charge in [-0.05, 0) is 32.3 Å². The Labute approximate surface area is 81.7 Å². The van der Waals surface area contributed by atoms with Crippen LogP contribution in [0.4, 0.5) is 0 Å². The number of aliphatic hydroxyl groups is 2. The molecule has 1 heterocycles. The van der Waals surface area contributed by atoms with E-state index in [9.17, 15) is 10.2 Å². The Morgan fingerprint density at radius 1 is 1.23 bits per heavy atom. The second-order valence-corrected chi connectivity index (χ2v) is 5.43. The molecule has 0 radical (unpaired) electrons. The first-order valence-electron chi connectivity index (χ1n) is 4.60. The summed E-state index contributed by atoms with van der Waals surface area (Å²) in [4.78, 5) is 0. The summed E-state index contributed by atoms with van der Waals surface area (Å²) in [6, 6.07) is 0. The van der Waals surface area contributed by atoms with Crippen LogP contribution in [-0.2, 0) is 4.74 Å². The van der Waals surface area contributed by atoms with Crippen molar-refractivity contribution in [3.05, 3.63) is 0 Å². The molecule has 1 fully saturated rings. The van der Waals surface area contributed by atoms with E-state index < -0.39 is 11.2 Å². The Morgan fingerprint density at radius 2 is 1.62 bits per heavy atom.